The number of amides is 2. The van der Waals surface area contributed by atoms with Crippen LogP contribution in [0.5, 0.6) is 0 Å². The van der Waals surface area contributed by atoms with Crippen molar-refractivity contribution in [2.45, 2.75) is 6.54 Å². The number of fused-ring (bicyclic) bond motifs is 1. The number of hydrogen-bond acceptors (Lipinski definition) is 2. The minimum atomic E-state index is -0.214. The summed E-state index contributed by atoms with van der Waals surface area (Å²) in [7, 11) is 0. The van der Waals surface area contributed by atoms with E-state index in [1.807, 2.05) is 0 Å². The number of benzene rings is 1. The van der Waals surface area contributed by atoms with Crippen LogP contribution < -0.4 is 10.6 Å². The minimum absolute atomic E-state index is 0.214. The number of urea groups is 1. The summed E-state index contributed by atoms with van der Waals surface area (Å²) < 4.78 is 0. The first-order valence-electron chi connectivity index (χ1n) is 4.02. The van der Waals surface area contributed by atoms with Gasteiger partial charge in [-0.3, -0.25) is 0 Å². The summed E-state index contributed by atoms with van der Waals surface area (Å²) in [5, 5.41) is 8.74. The molecule has 70 valence electrons. The van der Waals surface area contributed by atoms with Gasteiger partial charge in [0.15, 0.2) is 0 Å². The molecule has 6 heteroatoms. The Labute approximate surface area is 79.6 Å². The zero-order valence-electron chi connectivity index (χ0n) is 7.19. The zero-order chi connectivity index (χ0) is 9.97. The lowest BCUT2D eigenvalue weighted by Gasteiger charge is -2.18. The van der Waals surface area contributed by atoms with Crippen LogP contribution in [-0.4, -0.2) is 6.03 Å². The highest BCUT2D eigenvalue weighted by Gasteiger charge is 2.12. The van der Waals surface area contributed by atoms with Gasteiger partial charge in [0.05, 0.1) is 0 Å². The Hall–Kier alpha value is -2.20. The van der Waals surface area contributed by atoms with E-state index >= 15 is 0 Å². The van der Waals surface area contributed by atoms with E-state index in [4.69, 9.17) is 5.53 Å². The number of carbonyl (C=O) groups is 1. The molecule has 1 aliphatic heterocycles. The maximum atomic E-state index is 10.9. The molecule has 0 atom stereocenters. The Morgan fingerprint density at radius 1 is 1.50 bits per heavy atom. The van der Waals surface area contributed by atoms with Gasteiger partial charge in [-0.15, -0.1) is 0 Å². The number of hydrogen-bond donors (Lipinski definition) is 2. The smallest absolute Gasteiger partial charge is 0.319 e. The third-order valence-corrected chi connectivity index (χ3v) is 1.94. The van der Waals surface area contributed by atoms with Crippen LogP contribution in [0.2, 0.25) is 0 Å². The summed E-state index contributed by atoms with van der Waals surface area (Å²) in [4.78, 5) is 13.6. The lowest BCUT2D eigenvalue weighted by atomic mass is 10.1. The molecule has 0 aromatic heterocycles. The van der Waals surface area contributed by atoms with Gasteiger partial charge < -0.3 is 10.6 Å². The van der Waals surface area contributed by atoms with Crippen molar-refractivity contribution in [1.29, 1.82) is 0 Å². The fourth-order valence-electron chi connectivity index (χ4n) is 1.30. The SMILES string of the molecule is [N-]=[N+]=Nc1ccc2c(c1)CNC(=O)N2. The molecule has 1 aromatic carbocycles. The van der Waals surface area contributed by atoms with Crippen LogP contribution >= 0.6 is 0 Å². The second-order valence-corrected chi connectivity index (χ2v) is 2.84. The summed E-state index contributed by atoms with van der Waals surface area (Å²) in [6, 6.07) is 4.90. The molecular formula is C8H7N5O. The molecule has 0 saturated carbocycles. The standard InChI is InChI=1S/C8H7N5O/c9-13-12-6-1-2-7-5(3-6)4-10-8(14)11-7/h1-3H,4H2,(H2,10,11,14). The maximum Gasteiger partial charge on any atom is 0.319 e. The molecule has 0 saturated heterocycles. The fraction of sp³-hybridized carbons (Fsp3) is 0.125. The first-order valence-corrected chi connectivity index (χ1v) is 4.02. The maximum absolute atomic E-state index is 10.9. The average Bonchev–Trinajstić information content (AvgIpc) is 2.19. The van der Waals surface area contributed by atoms with Crippen molar-refractivity contribution in [1.82, 2.24) is 5.32 Å². The highest BCUT2D eigenvalue weighted by Crippen LogP contribution is 2.24. The first kappa shape index (κ1) is 8.40. The highest BCUT2D eigenvalue weighted by atomic mass is 16.2. The van der Waals surface area contributed by atoms with Crippen molar-refractivity contribution in [3.63, 3.8) is 0 Å². The Balaban J connectivity index is 2.40. The molecule has 0 spiro atoms. The summed E-state index contributed by atoms with van der Waals surface area (Å²) in [6.07, 6.45) is 0. The van der Waals surface area contributed by atoms with Gasteiger partial charge in [0, 0.05) is 22.8 Å². The molecular weight excluding hydrogens is 182 g/mol. The van der Waals surface area contributed by atoms with Crippen LogP contribution in [-0.2, 0) is 6.54 Å². The number of anilines is 1. The number of rotatable bonds is 1. The molecule has 0 aliphatic carbocycles. The van der Waals surface area contributed by atoms with Crippen LogP contribution in [0.1, 0.15) is 5.56 Å². The van der Waals surface area contributed by atoms with Crippen LogP contribution in [0.25, 0.3) is 10.4 Å². The van der Waals surface area contributed by atoms with Gasteiger partial charge >= 0.3 is 6.03 Å². The molecule has 0 bridgehead atoms. The Morgan fingerprint density at radius 3 is 3.14 bits per heavy atom. The third-order valence-electron chi connectivity index (χ3n) is 1.94. The van der Waals surface area contributed by atoms with E-state index in [0.717, 1.165) is 11.3 Å². The number of nitrogens with one attached hydrogen (secondary N) is 2. The summed E-state index contributed by atoms with van der Waals surface area (Å²) >= 11 is 0. The van der Waals surface area contributed by atoms with Gasteiger partial charge in [0.2, 0.25) is 0 Å². The van der Waals surface area contributed by atoms with Crippen LogP contribution in [0.4, 0.5) is 16.2 Å². The topological polar surface area (TPSA) is 89.9 Å². The normalized spacial score (nSPS) is 13.3. The lowest BCUT2D eigenvalue weighted by Crippen LogP contribution is -2.33. The molecule has 14 heavy (non-hydrogen) atoms. The summed E-state index contributed by atoms with van der Waals surface area (Å²) in [5.74, 6) is 0. The van der Waals surface area contributed by atoms with Gasteiger partial charge in [-0.1, -0.05) is 11.2 Å². The molecule has 2 amide bonds. The van der Waals surface area contributed by atoms with Crippen LogP contribution in [0.3, 0.4) is 0 Å². The van der Waals surface area contributed by atoms with E-state index in [1.54, 1.807) is 18.2 Å². The quantitative estimate of drug-likeness (QED) is 0.396. The van der Waals surface area contributed by atoms with Crippen LogP contribution in [0, 0.1) is 0 Å². The summed E-state index contributed by atoms with van der Waals surface area (Å²) in [6.45, 7) is 0.454. The molecule has 2 rings (SSSR count). The number of carbonyl (C=O) groups excluding carboxylic acids is 1. The van der Waals surface area contributed by atoms with E-state index in [-0.39, 0.29) is 6.03 Å². The number of azide groups is 1. The molecule has 0 unspecified atom stereocenters. The highest BCUT2D eigenvalue weighted by molar-refractivity contribution is 5.92. The Kier molecular flexibility index (Phi) is 1.96. The van der Waals surface area contributed by atoms with Gasteiger partial charge in [-0.25, -0.2) is 4.79 Å². The van der Waals surface area contributed by atoms with Crippen molar-refractivity contribution < 1.29 is 4.79 Å². The lowest BCUT2D eigenvalue weighted by molar-refractivity contribution is 0.251. The fourth-order valence-corrected chi connectivity index (χ4v) is 1.30. The van der Waals surface area contributed by atoms with E-state index in [2.05, 4.69) is 20.7 Å². The van der Waals surface area contributed by atoms with Crippen molar-refractivity contribution in [2.24, 2.45) is 5.11 Å². The molecule has 1 aliphatic rings. The monoisotopic (exact) mass is 189 g/mol. The molecule has 0 fully saturated rings. The molecule has 1 heterocycles. The zero-order valence-corrected chi connectivity index (χ0v) is 7.19. The first-order chi connectivity index (χ1) is 6.79. The molecule has 1 aromatic rings. The molecule has 0 radical (unpaired) electrons. The predicted molar refractivity (Wildman–Crippen MR) is 51.1 cm³/mol. The number of nitrogens with zero attached hydrogens (tertiary/aromatic N) is 3. The van der Waals surface area contributed by atoms with Crippen LogP contribution in [0.15, 0.2) is 23.3 Å². The van der Waals surface area contributed by atoms with Crippen molar-refractivity contribution in [2.75, 3.05) is 5.32 Å². The minimum Gasteiger partial charge on any atom is -0.334 e. The van der Waals surface area contributed by atoms with E-state index < -0.39 is 0 Å². The van der Waals surface area contributed by atoms with Gasteiger partial charge in [0.25, 0.3) is 0 Å². The van der Waals surface area contributed by atoms with Gasteiger partial charge in [-0.2, -0.15) is 0 Å². The van der Waals surface area contributed by atoms with Crippen molar-refractivity contribution in [3.8, 4) is 0 Å². The largest absolute Gasteiger partial charge is 0.334 e. The Morgan fingerprint density at radius 2 is 2.36 bits per heavy atom. The van der Waals surface area contributed by atoms with Crippen molar-refractivity contribution in [3.05, 3.63) is 34.2 Å². The summed E-state index contributed by atoms with van der Waals surface area (Å²) in [5.41, 5.74) is 10.5. The second kappa shape index (κ2) is 3.27. The second-order valence-electron chi connectivity index (χ2n) is 2.84. The van der Waals surface area contributed by atoms with E-state index in [1.165, 1.54) is 0 Å². The van der Waals surface area contributed by atoms with Crippen molar-refractivity contribution >= 4 is 17.4 Å². The Bertz CT molecular complexity index is 435. The molecule has 6 nitrogen and oxygen atoms in total. The van der Waals surface area contributed by atoms with E-state index in [9.17, 15) is 4.79 Å². The third kappa shape index (κ3) is 1.46. The predicted octanol–water partition coefficient (Wildman–Crippen LogP) is 2.26. The van der Waals surface area contributed by atoms with Gasteiger partial charge in [-0.05, 0) is 23.2 Å². The average molecular weight is 189 g/mol. The van der Waals surface area contributed by atoms with E-state index in [0.29, 0.717) is 12.2 Å². The van der Waals surface area contributed by atoms with Gasteiger partial charge in [0.1, 0.15) is 0 Å². The molecule has 2 N–H and O–H groups in total.